The van der Waals surface area contributed by atoms with Crippen LogP contribution in [-0.2, 0) is 0 Å². The molecule has 0 radical (unpaired) electrons. The van der Waals surface area contributed by atoms with Gasteiger partial charge in [0.15, 0.2) is 5.78 Å². The highest BCUT2D eigenvalue weighted by atomic mass is 79.9. The van der Waals surface area contributed by atoms with Crippen molar-refractivity contribution in [2.45, 2.75) is 65.3 Å². The standard InChI is InChI=1S/C18H14BrF13OS/c1-2-11(19)12(33)9-3-5-10(6-4-9)34-8-7-13(20,21)14(22,23)15(24,25)16(26,27)17(28,29)18(30,31)32/h3-6,11H,2,7-8H2,1H3. The Morgan fingerprint density at radius 3 is 1.65 bits per heavy atom. The number of hydrogen-bond donors (Lipinski definition) is 0. The molecule has 0 aliphatic heterocycles. The maximum absolute atomic E-state index is 13.8. The predicted molar refractivity (Wildman–Crippen MR) is 99.9 cm³/mol. The van der Waals surface area contributed by atoms with Crippen LogP contribution in [0.3, 0.4) is 0 Å². The van der Waals surface area contributed by atoms with Crippen LogP contribution in [-0.4, -0.2) is 52.2 Å². The minimum atomic E-state index is -7.90. The molecule has 0 fully saturated rings. The second kappa shape index (κ2) is 10.1. The first kappa shape index (κ1) is 30.8. The predicted octanol–water partition coefficient (Wildman–Crippen LogP) is 8.26. The monoisotopic (exact) mass is 604 g/mol. The van der Waals surface area contributed by atoms with Crippen LogP contribution >= 0.6 is 27.7 Å². The molecular formula is C18H14BrF13OS. The van der Waals surface area contributed by atoms with E-state index in [2.05, 4.69) is 15.9 Å². The van der Waals surface area contributed by atoms with E-state index < -0.39 is 52.8 Å². The number of alkyl halides is 14. The molecule has 196 valence electrons. The van der Waals surface area contributed by atoms with Crippen molar-refractivity contribution in [1.29, 1.82) is 0 Å². The fourth-order valence-corrected chi connectivity index (χ4v) is 3.52. The highest BCUT2D eigenvalue weighted by Gasteiger charge is 2.90. The number of hydrogen-bond acceptors (Lipinski definition) is 2. The van der Waals surface area contributed by atoms with E-state index in [0.29, 0.717) is 18.2 Å². The van der Waals surface area contributed by atoms with Crippen molar-refractivity contribution in [3.8, 4) is 0 Å². The minimum Gasteiger partial charge on any atom is -0.293 e. The third-order valence-electron chi connectivity index (χ3n) is 4.46. The Hall–Kier alpha value is -1.19. The Bertz CT molecular complexity index is 852. The second-order valence-corrected chi connectivity index (χ2v) is 9.14. The molecule has 1 rings (SSSR count). The molecular weight excluding hydrogens is 591 g/mol. The van der Waals surface area contributed by atoms with Crippen LogP contribution in [0, 0.1) is 0 Å². The van der Waals surface area contributed by atoms with Gasteiger partial charge in [0.2, 0.25) is 0 Å². The molecule has 0 heterocycles. The molecule has 0 spiro atoms. The van der Waals surface area contributed by atoms with E-state index in [1.165, 1.54) is 24.3 Å². The highest BCUT2D eigenvalue weighted by molar-refractivity contribution is 9.10. The molecule has 1 nitrogen and oxygen atoms in total. The number of halogens is 14. The second-order valence-electron chi connectivity index (χ2n) is 6.86. The summed E-state index contributed by atoms with van der Waals surface area (Å²) in [6.07, 6.45) is -9.29. The van der Waals surface area contributed by atoms with Crippen molar-refractivity contribution < 1.29 is 61.9 Å². The first-order chi connectivity index (χ1) is 15.1. The van der Waals surface area contributed by atoms with E-state index in [9.17, 15) is 61.9 Å². The molecule has 16 heteroatoms. The molecule has 0 aliphatic carbocycles. The fourth-order valence-electron chi connectivity index (χ4n) is 2.34. The van der Waals surface area contributed by atoms with Gasteiger partial charge in [-0.25, -0.2) is 0 Å². The summed E-state index contributed by atoms with van der Waals surface area (Å²) < 4.78 is 170. The summed E-state index contributed by atoms with van der Waals surface area (Å²) in [6.45, 7) is 1.70. The lowest BCUT2D eigenvalue weighted by atomic mass is 9.93. The normalized spacial score (nSPS) is 15.4. The summed E-state index contributed by atoms with van der Waals surface area (Å²) >= 11 is 3.43. The summed E-state index contributed by atoms with van der Waals surface area (Å²) in [5.74, 6) is -38.3. The van der Waals surface area contributed by atoms with Crippen molar-refractivity contribution in [3.05, 3.63) is 29.8 Å². The van der Waals surface area contributed by atoms with Crippen LogP contribution in [0.2, 0.25) is 0 Å². The summed E-state index contributed by atoms with van der Waals surface area (Å²) in [4.78, 5) is 11.5. The lowest BCUT2D eigenvalue weighted by molar-refractivity contribution is -0.439. The first-order valence-electron chi connectivity index (χ1n) is 8.95. The van der Waals surface area contributed by atoms with E-state index in [1.807, 2.05) is 0 Å². The average Bonchev–Trinajstić information content (AvgIpc) is 2.71. The van der Waals surface area contributed by atoms with Gasteiger partial charge in [0.25, 0.3) is 0 Å². The number of carbonyl (C=O) groups is 1. The van der Waals surface area contributed by atoms with Gasteiger partial charge in [0.05, 0.1) is 4.83 Å². The summed E-state index contributed by atoms with van der Waals surface area (Å²) in [6, 6.07) is 4.82. The molecule has 0 saturated carbocycles. The van der Waals surface area contributed by atoms with E-state index in [0.717, 1.165) is 0 Å². The van der Waals surface area contributed by atoms with E-state index in [4.69, 9.17) is 0 Å². The van der Waals surface area contributed by atoms with Crippen molar-refractivity contribution in [2.24, 2.45) is 0 Å². The number of carbonyl (C=O) groups excluding carboxylic acids is 1. The molecule has 1 aromatic carbocycles. The molecule has 1 atom stereocenters. The Balaban J connectivity index is 3.02. The molecule has 0 amide bonds. The smallest absolute Gasteiger partial charge is 0.293 e. The van der Waals surface area contributed by atoms with Gasteiger partial charge >= 0.3 is 35.8 Å². The Labute approximate surface area is 196 Å². The van der Waals surface area contributed by atoms with Gasteiger partial charge in [-0.2, -0.15) is 57.1 Å². The van der Waals surface area contributed by atoms with E-state index in [1.54, 1.807) is 6.92 Å². The molecule has 0 aromatic heterocycles. The lowest BCUT2D eigenvalue weighted by Crippen LogP contribution is -2.70. The van der Waals surface area contributed by atoms with Crippen molar-refractivity contribution in [1.82, 2.24) is 0 Å². The molecule has 1 aromatic rings. The van der Waals surface area contributed by atoms with Gasteiger partial charge in [-0.15, -0.1) is 11.8 Å². The van der Waals surface area contributed by atoms with Crippen molar-refractivity contribution in [2.75, 3.05) is 5.75 Å². The number of Topliss-reactive ketones (excluding diaryl/α,β-unsaturated/α-hetero) is 1. The third-order valence-corrected chi connectivity index (χ3v) is 6.54. The van der Waals surface area contributed by atoms with Crippen molar-refractivity contribution >= 4 is 33.5 Å². The summed E-state index contributed by atoms with van der Waals surface area (Å²) in [7, 11) is 0. The zero-order valence-electron chi connectivity index (χ0n) is 16.6. The zero-order valence-corrected chi connectivity index (χ0v) is 19.0. The molecule has 0 saturated heterocycles. The molecule has 0 N–H and O–H groups in total. The number of thioether (sulfide) groups is 1. The van der Waals surface area contributed by atoms with E-state index in [-0.39, 0.29) is 16.2 Å². The van der Waals surface area contributed by atoms with Gasteiger partial charge < -0.3 is 0 Å². The Morgan fingerprint density at radius 1 is 0.794 bits per heavy atom. The maximum atomic E-state index is 13.8. The van der Waals surface area contributed by atoms with Crippen LogP contribution < -0.4 is 0 Å². The zero-order chi connectivity index (χ0) is 27.0. The number of benzene rings is 1. The quantitative estimate of drug-likeness (QED) is 0.109. The van der Waals surface area contributed by atoms with Crippen LogP contribution in [0.25, 0.3) is 0 Å². The van der Waals surface area contributed by atoms with E-state index >= 15 is 0 Å². The van der Waals surface area contributed by atoms with Gasteiger partial charge in [-0.3, -0.25) is 4.79 Å². The third kappa shape index (κ3) is 5.46. The Morgan fingerprint density at radius 2 is 1.24 bits per heavy atom. The maximum Gasteiger partial charge on any atom is 0.460 e. The van der Waals surface area contributed by atoms with Gasteiger partial charge in [0, 0.05) is 22.6 Å². The average molecular weight is 605 g/mol. The molecule has 1 unspecified atom stereocenters. The van der Waals surface area contributed by atoms with Gasteiger partial charge in [0.1, 0.15) is 0 Å². The molecule has 0 aliphatic rings. The summed E-state index contributed by atoms with van der Waals surface area (Å²) in [5.41, 5.74) is 0.178. The highest BCUT2D eigenvalue weighted by Crippen LogP contribution is 2.60. The Kier molecular flexibility index (Phi) is 9.12. The number of ketones is 1. The minimum absolute atomic E-state index is 0.0546. The largest absolute Gasteiger partial charge is 0.460 e. The van der Waals surface area contributed by atoms with Crippen LogP contribution in [0.5, 0.6) is 0 Å². The lowest BCUT2D eigenvalue weighted by Gasteiger charge is -2.39. The number of rotatable bonds is 11. The van der Waals surface area contributed by atoms with Gasteiger partial charge in [-0.05, 0) is 18.6 Å². The first-order valence-corrected chi connectivity index (χ1v) is 10.9. The van der Waals surface area contributed by atoms with Gasteiger partial charge in [-0.1, -0.05) is 35.0 Å². The van der Waals surface area contributed by atoms with Crippen LogP contribution in [0.15, 0.2) is 29.2 Å². The molecule has 0 bridgehead atoms. The summed E-state index contributed by atoms with van der Waals surface area (Å²) in [5, 5.41) is 0. The van der Waals surface area contributed by atoms with Crippen LogP contribution in [0.4, 0.5) is 57.1 Å². The molecule has 34 heavy (non-hydrogen) atoms. The van der Waals surface area contributed by atoms with Crippen molar-refractivity contribution in [3.63, 3.8) is 0 Å². The fraction of sp³-hybridized carbons (Fsp3) is 0.611. The topological polar surface area (TPSA) is 17.1 Å². The SMILES string of the molecule is CCC(Br)C(=O)c1ccc(SCCC(F)(F)C(F)(F)C(F)(F)C(F)(F)C(F)(F)C(F)(F)F)cc1. The van der Waals surface area contributed by atoms with Crippen LogP contribution in [0.1, 0.15) is 30.1 Å².